The highest BCUT2D eigenvalue weighted by Gasteiger charge is 2.49. The first-order chi connectivity index (χ1) is 13.5. The molecule has 2 atom stereocenters. The summed E-state index contributed by atoms with van der Waals surface area (Å²) in [7, 11) is 0. The summed E-state index contributed by atoms with van der Waals surface area (Å²) in [5.41, 5.74) is 0.745. The summed E-state index contributed by atoms with van der Waals surface area (Å²) >= 11 is 0. The van der Waals surface area contributed by atoms with Gasteiger partial charge in [0.1, 0.15) is 5.82 Å². The van der Waals surface area contributed by atoms with Crippen molar-refractivity contribution in [2.75, 3.05) is 13.1 Å². The van der Waals surface area contributed by atoms with E-state index in [4.69, 9.17) is 0 Å². The van der Waals surface area contributed by atoms with E-state index in [9.17, 15) is 14.7 Å². The number of nitrogens with zero attached hydrogens (tertiary/aromatic N) is 3. The quantitative estimate of drug-likeness (QED) is 0.826. The summed E-state index contributed by atoms with van der Waals surface area (Å²) in [5, 5.41) is 13.7. The first-order valence-corrected chi connectivity index (χ1v) is 9.60. The maximum Gasteiger partial charge on any atom is 0.256 e. The maximum atomic E-state index is 12.9. The molecule has 2 aliphatic rings. The predicted molar refractivity (Wildman–Crippen MR) is 102 cm³/mol. The van der Waals surface area contributed by atoms with Gasteiger partial charge in [-0.15, -0.1) is 0 Å². The van der Waals surface area contributed by atoms with Crippen LogP contribution < -0.4 is 5.32 Å². The number of hydrogen-bond donors (Lipinski definition) is 2. The topological polar surface area (TPSA) is 95.4 Å². The maximum absolute atomic E-state index is 12.9. The summed E-state index contributed by atoms with van der Waals surface area (Å²) in [6, 6.07) is 9.15. The molecule has 0 unspecified atom stereocenters. The molecule has 7 nitrogen and oxygen atoms in total. The van der Waals surface area contributed by atoms with Crippen LogP contribution in [0.3, 0.4) is 0 Å². The van der Waals surface area contributed by atoms with Crippen LogP contribution in [0, 0.1) is 12.3 Å². The molecule has 4 rings (SSSR count). The molecule has 2 aliphatic heterocycles. The number of aromatic nitrogens is 2. The Morgan fingerprint density at radius 3 is 2.46 bits per heavy atom. The molecule has 2 N–H and O–H groups in total. The molecular weight excluding hydrogens is 356 g/mol. The van der Waals surface area contributed by atoms with Gasteiger partial charge in [0.2, 0.25) is 5.91 Å². The SMILES string of the molecule is Cc1ncc(C(=O)N2CCC3(CC2)C[C@@H](O)[C@H](c2ccccc2)NC3=O)cn1. The number of carbonyl (C=O) groups excluding carboxylic acids is 2. The van der Waals surface area contributed by atoms with Gasteiger partial charge in [0.05, 0.1) is 23.1 Å². The van der Waals surface area contributed by atoms with E-state index in [1.165, 1.54) is 12.4 Å². The predicted octanol–water partition coefficient (Wildman–Crippen LogP) is 1.63. The van der Waals surface area contributed by atoms with E-state index in [0.29, 0.717) is 43.7 Å². The van der Waals surface area contributed by atoms with E-state index < -0.39 is 11.5 Å². The van der Waals surface area contributed by atoms with Gasteiger partial charge < -0.3 is 15.3 Å². The van der Waals surface area contributed by atoms with E-state index in [2.05, 4.69) is 15.3 Å². The molecule has 2 aromatic rings. The van der Waals surface area contributed by atoms with Crippen LogP contribution in [-0.4, -0.2) is 51.0 Å². The van der Waals surface area contributed by atoms with Crippen LogP contribution in [0.2, 0.25) is 0 Å². The van der Waals surface area contributed by atoms with Gasteiger partial charge >= 0.3 is 0 Å². The molecule has 1 aromatic carbocycles. The number of amides is 2. The van der Waals surface area contributed by atoms with Crippen LogP contribution in [0.4, 0.5) is 0 Å². The number of carbonyl (C=O) groups is 2. The van der Waals surface area contributed by atoms with Gasteiger partial charge in [0.25, 0.3) is 5.91 Å². The van der Waals surface area contributed by atoms with Crippen molar-refractivity contribution in [1.82, 2.24) is 20.2 Å². The molecule has 7 heteroatoms. The molecule has 146 valence electrons. The van der Waals surface area contributed by atoms with Crippen LogP contribution in [0.1, 0.15) is 47.1 Å². The average molecular weight is 380 g/mol. The highest BCUT2D eigenvalue weighted by molar-refractivity contribution is 5.94. The molecule has 1 spiro atoms. The lowest BCUT2D eigenvalue weighted by Crippen LogP contribution is -2.57. The zero-order valence-corrected chi connectivity index (χ0v) is 15.8. The smallest absolute Gasteiger partial charge is 0.256 e. The van der Waals surface area contributed by atoms with Crippen LogP contribution in [-0.2, 0) is 4.79 Å². The normalized spacial score (nSPS) is 24.1. The molecule has 1 aromatic heterocycles. The number of aryl methyl sites for hydroxylation is 1. The number of hydrogen-bond acceptors (Lipinski definition) is 5. The zero-order chi connectivity index (χ0) is 19.7. The first-order valence-electron chi connectivity index (χ1n) is 9.60. The number of rotatable bonds is 2. The largest absolute Gasteiger partial charge is 0.391 e. The van der Waals surface area contributed by atoms with Crippen LogP contribution in [0.15, 0.2) is 42.7 Å². The molecule has 0 aliphatic carbocycles. The number of benzene rings is 1. The summed E-state index contributed by atoms with van der Waals surface area (Å²) in [4.78, 5) is 35.5. The second kappa shape index (κ2) is 7.31. The van der Waals surface area contributed by atoms with Crippen molar-refractivity contribution in [2.45, 2.75) is 38.3 Å². The fourth-order valence-corrected chi connectivity index (χ4v) is 4.22. The minimum absolute atomic E-state index is 0.0302. The highest BCUT2D eigenvalue weighted by Crippen LogP contribution is 2.42. The third kappa shape index (κ3) is 3.38. The van der Waals surface area contributed by atoms with Gasteiger partial charge in [-0.05, 0) is 31.7 Å². The molecule has 0 saturated carbocycles. The van der Waals surface area contributed by atoms with Crippen LogP contribution >= 0.6 is 0 Å². The standard InChI is InChI=1S/C21H24N4O3/c1-14-22-12-16(13-23-14)19(27)25-9-7-21(8-10-25)11-17(26)18(24-20(21)28)15-5-3-2-4-6-15/h2-6,12-13,17-18,26H,7-11H2,1H3,(H,24,28)/t17-,18+/m1/s1. The molecular formula is C21H24N4O3. The van der Waals surface area contributed by atoms with E-state index in [-0.39, 0.29) is 17.9 Å². The average Bonchev–Trinajstić information content (AvgIpc) is 2.72. The number of aliphatic hydroxyl groups is 1. The fraction of sp³-hybridized carbons (Fsp3) is 0.429. The minimum atomic E-state index is -0.646. The Kier molecular flexibility index (Phi) is 4.85. The van der Waals surface area contributed by atoms with Gasteiger partial charge in [-0.3, -0.25) is 9.59 Å². The van der Waals surface area contributed by atoms with Crippen LogP contribution in [0.25, 0.3) is 0 Å². The molecule has 28 heavy (non-hydrogen) atoms. The number of likely N-dealkylation sites (tertiary alicyclic amines) is 1. The molecule has 2 amide bonds. The van der Waals surface area contributed by atoms with Gasteiger partial charge in [-0.2, -0.15) is 0 Å². The number of piperidine rings is 2. The van der Waals surface area contributed by atoms with Crippen molar-refractivity contribution in [1.29, 1.82) is 0 Å². The minimum Gasteiger partial charge on any atom is -0.391 e. The van der Waals surface area contributed by atoms with E-state index in [1.54, 1.807) is 11.8 Å². The van der Waals surface area contributed by atoms with Gasteiger partial charge in [0.15, 0.2) is 0 Å². The van der Waals surface area contributed by atoms with Crippen molar-refractivity contribution in [3.63, 3.8) is 0 Å². The second-order valence-electron chi connectivity index (χ2n) is 7.72. The van der Waals surface area contributed by atoms with Crippen molar-refractivity contribution >= 4 is 11.8 Å². The summed E-state index contributed by atoms with van der Waals surface area (Å²) in [6.45, 7) is 2.72. The number of nitrogens with one attached hydrogen (secondary N) is 1. The second-order valence-corrected chi connectivity index (χ2v) is 7.72. The van der Waals surface area contributed by atoms with Crippen molar-refractivity contribution in [2.24, 2.45) is 5.41 Å². The summed E-state index contributed by atoms with van der Waals surface area (Å²) in [6.07, 6.45) is 3.92. The van der Waals surface area contributed by atoms with E-state index in [1.807, 2.05) is 30.3 Å². The first kappa shape index (κ1) is 18.6. The Hall–Kier alpha value is -2.80. The molecule has 0 bridgehead atoms. The lowest BCUT2D eigenvalue weighted by atomic mass is 9.69. The number of aliphatic hydroxyl groups excluding tert-OH is 1. The molecule has 2 fully saturated rings. The van der Waals surface area contributed by atoms with Gasteiger partial charge in [-0.1, -0.05) is 30.3 Å². The Bertz CT molecular complexity index is 861. The third-order valence-electron chi connectivity index (χ3n) is 5.95. The Balaban J connectivity index is 1.43. The van der Waals surface area contributed by atoms with Gasteiger partial charge in [0, 0.05) is 25.5 Å². The molecule has 3 heterocycles. The highest BCUT2D eigenvalue weighted by atomic mass is 16.3. The van der Waals surface area contributed by atoms with E-state index >= 15 is 0 Å². The van der Waals surface area contributed by atoms with Crippen molar-refractivity contribution in [3.05, 3.63) is 59.7 Å². The lowest BCUT2D eigenvalue weighted by Gasteiger charge is -2.46. The van der Waals surface area contributed by atoms with E-state index in [0.717, 1.165) is 5.56 Å². The molecule has 0 radical (unpaired) electrons. The van der Waals surface area contributed by atoms with Gasteiger partial charge in [-0.25, -0.2) is 9.97 Å². The lowest BCUT2D eigenvalue weighted by molar-refractivity contribution is -0.143. The monoisotopic (exact) mass is 380 g/mol. The molecule has 2 saturated heterocycles. The van der Waals surface area contributed by atoms with Crippen LogP contribution in [0.5, 0.6) is 0 Å². The Morgan fingerprint density at radius 2 is 1.82 bits per heavy atom. The zero-order valence-electron chi connectivity index (χ0n) is 15.8. The summed E-state index contributed by atoms with van der Waals surface area (Å²) in [5.74, 6) is 0.473. The summed E-state index contributed by atoms with van der Waals surface area (Å²) < 4.78 is 0. The van der Waals surface area contributed by atoms with Crippen molar-refractivity contribution in [3.8, 4) is 0 Å². The fourth-order valence-electron chi connectivity index (χ4n) is 4.22. The third-order valence-corrected chi connectivity index (χ3v) is 5.95. The Labute approximate surface area is 163 Å². The Morgan fingerprint density at radius 1 is 1.18 bits per heavy atom. The van der Waals surface area contributed by atoms with Crippen molar-refractivity contribution < 1.29 is 14.7 Å².